The number of carbonyl (C=O) groups is 1. The van der Waals surface area contributed by atoms with Gasteiger partial charge in [0.1, 0.15) is 0 Å². The van der Waals surface area contributed by atoms with Crippen molar-refractivity contribution in [3.8, 4) is 11.8 Å². The van der Waals surface area contributed by atoms with Crippen LogP contribution in [0.3, 0.4) is 0 Å². The van der Waals surface area contributed by atoms with E-state index >= 15 is 0 Å². The van der Waals surface area contributed by atoms with Crippen molar-refractivity contribution in [3.05, 3.63) is 70.8 Å². The molecule has 2 aromatic carbocycles. The Balaban J connectivity index is 1.96. The average molecular weight is 263 g/mol. The van der Waals surface area contributed by atoms with E-state index in [2.05, 4.69) is 17.2 Å². The van der Waals surface area contributed by atoms with E-state index in [1.165, 1.54) is 0 Å². The Kier molecular flexibility index (Phi) is 4.57. The molecule has 0 unspecified atom stereocenters. The van der Waals surface area contributed by atoms with Crippen molar-refractivity contribution in [2.75, 3.05) is 6.54 Å². The highest BCUT2D eigenvalue weighted by atomic mass is 16.1. The minimum absolute atomic E-state index is 0.0754. The molecule has 2 aromatic rings. The van der Waals surface area contributed by atoms with Gasteiger partial charge in [0.05, 0.1) is 6.54 Å². The molecule has 1 N–H and O–H groups in total. The molecule has 0 heterocycles. The molecule has 2 nitrogen and oxygen atoms in total. The molecule has 20 heavy (non-hydrogen) atoms. The van der Waals surface area contributed by atoms with Gasteiger partial charge in [-0.2, -0.15) is 0 Å². The lowest BCUT2D eigenvalue weighted by atomic mass is 10.1. The topological polar surface area (TPSA) is 29.1 Å². The van der Waals surface area contributed by atoms with Gasteiger partial charge in [-0.25, -0.2) is 0 Å². The van der Waals surface area contributed by atoms with Crippen LogP contribution in [0.15, 0.2) is 48.5 Å². The molecular weight excluding hydrogens is 246 g/mol. The Morgan fingerprint density at radius 3 is 2.60 bits per heavy atom. The first-order chi connectivity index (χ1) is 9.66. The molecule has 0 spiro atoms. The highest BCUT2D eigenvalue weighted by molar-refractivity contribution is 5.95. The molecule has 0 bridgehead atoms. The van der Waals surface area contributed by atoms with Crippen molar-refractivity contribution in [2.45, 2.75) is 13.8 Å². The predicted molar refractivity (Wildman–Crippen MR) is 81.6 cm³/mol. The number of amides is 1. The van der Waals surface area contributed by atoms with Gasteiger partial charge >= 0.3 is 0 Å². The number of hydrogen-bond donors (Lipinski definition) is 1. The number of hydrogen-bond acceptors (Lipinski definition) is 1. The molecule has 100 valence electrons. The summed E-state index contributed by atoms with van der Waals surface area (Å²) in [5, 5.41) is 2.82. The van der Waals surface area contributed by atoms with E-state index in [-0.39, 0.29) is 5.91 Å². The van der Waals surface area contributed by atoms with Gasteiger partial charge in [0, 0.05) is 11.1 Å². The lowest BCUT2D eigenvalue weighted by Crippen LogP contribution is -2.24. The van der Waals surface area contributed by atoms with Gasteiger partial charge in [-0.05, 0) is 37.6 Å². The molecule has 0 aliphatic carbocycles. The van der Waals surface area contributed by atoms with Crippen LogP contribution in [-0.4, -0.2) is 12.5 Å². The van der Waals surface area contributed by atoms with Crippen LogP contribution in [0.4, 0.5) is 0 Å². The van der Waals surface area contributed by atoms with Crippen molar-refractivity contribution in [3.63, 3.8) is 0 Å². The highest BCUT2D eigenvalue weighted by Crippen LogP contribution is 2.10. The third kappa shape index (κ3) is 3.73. The first-order valence-corrected chi connectivity index (χ1v) is 6.56. The molecule has 1 amide bonds. The van der Waals surface area contributed by atoms with E-state index < -0.39 is 0 Å². The average Bonchev–Trinajstić information content (AvgIpc) is 2.47. The zero-order valence-corrected chi connectivity index (χ0v) is 11.7. The van der Waals surface area contributed by atoms with E-state index in [4.69, 9.17) is 0 Å². The first-order valence-electron chi connectivity index (χ1n) is 6.56. The molecule has 0 saturated heterocycles. The fourth-order valence-corrected chi connectivity index (χ4v) is 1.87. The van der Waals surface area contributed by atoms with Crippen molar-refractivity contribution < 1.29 is 4.79 Å². The largest absolute Gasteiger partial charge is 0.341 e. The maximum Gasteiger partial charge on any atom is 0.252 e. The van der Waals surface area contributed by atoms with Crippen LogP contribution in [0.1, 0.15) is 27.0 Å². The van der Waals surface area contributed by atoms with E-state index in [1.807, 2.05) is 62.4 Å². The fourth-order valence-electron chi connectivity index (χ4n) is 1.87. The molecule has 0 aliphatic rings. The first kappa shape index (κ1) is 13.9. The monoisotopic (exact) mass is 263 g/mol. The van der Waals surface area contributed by atoms with E-state index in [0.29, 0.717) is 12.1 Å². The van der Waals surface area contributed by atoms with Gasteiger partial charge in [-0.3, -0.25) is 4.79 Å². The second kappa shape index (κ2) is 6.58. The summed E-state index contributed by atoms with van der Waals surface area (Å²) in [6.07, 6.45) is 0. The highest BCUT2D eigenvalue weighted by Gasteiger charge is 2.07. The van der Waals surface area contributed by atoms with Gasteiger partial charge in [0.25, 0.3) is 5.91 Å². The molecule has 0 aromatic heterocycles. The van der Waals surface area contributed by atoms with Crippen LogP contribution in [0.2, 0.25) is 0 Å². The van der Waals surface area contributed by atoms with Crippen LogP contribution in [0.5, 0.6) is 0 Å². The van der Waals surface area contributed by atoms with Crippen LogP contribution in [0.25, 0.3) is 0 Å². The molecule has 0 fully saturated rings. The summed E-state index contributed by atoms with van der Waals surface area (Å²) in [6.45, 7) is 4.26. The molecule has 0 atom stereocenters. The molecular formula is C18H17NO. The summed E-state index contributed by atoms with van der Waals surface area (Å²) < 4.78 is 0. The van der Waals surface area contributed by atoms with E-state index in [9.17, 15) is 4.79 Å². The zero-order valence-electron chi connectivity index (χ0n) is 11.7. The Labute approximate surface area is 119 Å². The lowest BCUT2D eigenvalue weighted by Gasteiger charge is -2.06. The summed E-state index contributed by atoms with van der Waals surface area (Å²) in [6, 6.07) is 15.6. The van der Waals surface area contributed by atoms with Crippen LogP contribution >= 0.6 is 0 Å². The van der Waals surface area contributed by atoms with Crippen LogP contribution in [0, 0.1) is 25.7 Å². The molecule has 0 radical (unpaired) electrons. The lowest BCUT2D eigenvalue weighted by molar-refractivity contribution is 0.0958. The van der Waals surface area contributed by atoms with Gasteiger partial charge < -0.3 is 5.32 Å². The maximum absolute atomic E-state index is 12.1. The smallest absolute Gasteiger partial charge is 0.252 e. The second-order valence-corrected chi connectivity index (χ2v) is 4.67. The minimum Gasteiger partial charge on any atom is -0.341 e. The quantitative estimate of drug-likeness (QED) is 0.829. The van der Waals surface area contributed by atoms with Crippen molar-refractivity contribution in [2.24, 2.45) is 0 Å². The second-order valence-electron chi connectivity index (χ2n) is 4.67. The van der Waals surface area contributed by atoms with E-state index in [0.717, 1.165) is 16.7 Å². The Morgan fingerprint density at radius 1 is 1.10 bits per heavy atom. The van der Waals surface area contributed by atoms with Crippen molar-refractivity contribution in [1.29, 1.82) is 0 Å². The SMILES string of the molecule is Cc1ccc(C)c(C(=O)NCC#Cc2ccccc2)c1. The Bertz CT molecular complexity index is 663. The summed E-state index contributed by atoms with van der Waals surface area (Å²) in [7, 11) is 0. The number of nitrogens with one attached hydrogen (secondary N) is 1. The summed E-state index contributed by atoms with van der Waals surface area (Å²) in [4.78, 5) is 12.1. The standard InChI is InChI=1S/C18H17NO/c1-14-10-11-15(2)17(13-14)18(20)19-12-6-9-16-7-4-3-5-8-16/h3-5,7-8,10-11,13H,12H2,1-2H3,(H,19,20). The third-order valence-corrected chi connectivity index (χ3v) is 2.98. The maximum atomic E-state index is 12.1. The minimum atomic E-state index is -0.0754. The van der Waals surface area contributed by atoms with Crippen LogP contribution in [-0.2, 0) is 0 Å². The third-order valence-electron chi connectivity index (χ3n) is 2.98. The van der Waals surface area contributed by atoms with Crippen molar-refractivity contribution in [1.82, 2.24) is 5.32 Å². The molecule has 2 heteroatoms. The molecule has 0 saturated carbocycles. The Morgan fingerprint density at radius 2 is 1.85 bits per heavy atom. The fraction of sp³-hybridized carbons (Fsp3) is 0.167. The normalized spacial score (nSPS) is 9.50. The van der Waals surface area contributed by atoms with Gasteiger partial charge in [-0.15, -0.1) is 0 Å². The zero-order chi connectivity index (χ0) is 14.4. The number of aryl methyl sites for hydroxylation is 2. The summed E-state index contributed by atoms with van der Waals surface area (Å²) >= 11 is 0. The summed E-state index contributed by atoms with van der Waals surface area (Å²) in [5.41, 5.74) is 3.72. The van der Waals surface area contributed by atoms with Crippen molar-refractivity contribution >= 4 is 5.91 Å². The van der Waals surface area contributed by atoms with E-state index in [1.54, 1.807) is 0 Å². The summed E-state index contributed by atoms with van der Waals surface area (Å²) in [5.74, 6) is 5.89. The molecule has 2 rings (SSSR count). The Hall–Kier alpha value is -2.53. The van der Waals surface area contributed by atoms with Gasteiger partial charge in [-0.1, -0.05) is 47.7 Å². The predicted octanol–water partition coefficient (Wildman–Crippen LogP) is 3.08. The van der Waals surface area contributed by atoms with Crippen LogP contribution < -0.4 is 5.32 Å². The molecule has 0 aliphatic heterocycles. The number of benzene rings is 2. The van der Waals surface area contributed by atoms with Gasteiger partial charge in [0.2, 0.25) is 0 Å². The van der Waals surface area contributed by atoms with Gasteiger partial charge in [0.15, 0.2) is 0 Å². The number of carbonyl (C=O) groups excluding carboxylic acids is 1. The number of rotatable bonds is 2.